The van der Waals surface area contributed by atoms with Gasteiger partial charge in [0.05, 0.1) is 12.8 Å². The third kappa shape index (κ3) is 4.34. The number of halogens is 1. The van der Waals surface area contributed by atoms with Crippen LogP contribution in [0.25, 0.3) is 0 Å². The Balaban J connectivity index is 0.00000121. The molecular weight excluding hydrogens is 285 g/mol. The van der Waals surface area contributed by atoms with Gasteiger partial charge >= 0.3 is 5.69 Å². The Labute approximate surface area is 111 Å². The van der Waals surface area contributed by atoms with Gasteiger partial charge in [0.1, 0.15) is 0 Å². The molecule has 1 N–H and O–H groups in total. The Morgan fingerprint density at radius 3 is 2.53 bits per heavy atom. The molecule has 1 rings (SSSR count). The molecule has 1 aromatic rings. The van der Waals surface area contributed by atoms with Crippen molar-refractivity contribution in [3.05, 3.63) is 26.3 Å². The summed E-state index contributed by atoms with van der Waals surface area (Å²) in [6, 6.07) is 0. The van der Waals surface area contributed by atoms with Gasteiger partial charge < -0.3 is 5.32 Å². The molecule has 2 radical (unpaired) electrons. The highest BCUT2D eigenvalue weighted by Crippen LogP contribution is 2.31. The smallest absolute Gasteiger partial charge is 0.315 e. The first kappa shape index (κ1) is 15.9. The summed E-state index contributed by atoms with van der Waals surface area (Å²) >= 11 is 3.19. The van der Waals surface area contributed by atoms with E-state index in [0.717, 1.165) is 0 Å². The summed E-state index contributed by atoms with van der Waals surface area (Å²) in [5, 5.41) is 13.6. The monoisotopic (exact) mass is 299 g/mol. The average molecular weight is 300 g/mol. The second-order valence-electron chi connectivity index (χ2n) is 3.12. The molecule has 1 unspecified atom stereocenters. The number of pyridine rings is 1. The average Bonchev–Trinajstić information content (AvgIpc) is 2.25. The van der Waals surface area contributed by atoms with Gasteiger partial charge in [-0.1, -0.05) is 20.8 Å². The van der Waals surface area contributed by atoms with Gasteiger partial charge in [0, 0.05) is 16.2 Å². The van der Waals surface area contributed by atoms with E-state index < -0.39 is 10.9 Å². The van der Waals surface area contributed by atoms with E-state index in [0.29, 0.717) is 10.0 Å². The molecule has 7 heteroatoms. The zero-order chi connectivity index (χ0) is 13.6. The fourth-order valence-corrected chi connectivity index (χ4v) is 1.40. The van der Waals surface area contributed by atoms with E-state index in [2.05, 4.69) is 26.2 Å². The van der Waals surface area contributed by atoms with Crippen LogP contribution in [0.3, 0.4) is 0 Å². The highest BCUT2D eigenvalue weighted by atomic mass is 79.9. The van der Waals surface area contributed by atoms with E-state index in [9.17, 15) is 10.1 Å². The lowest BCUT2D eigenvalue weighted by Gasteiger charge is -2.11. The normalized spacial score (nSPS) is 11.1. The van der Waals surface area contributed by atoms with Crippen molar-refractivity contribution in [2.24, 2.45) is 0 Å². The fourth-order valence-electron chi connectivity index (χ4n) is 1.11. The molecular formula is C10H15BBrN3O2. The molecule has 0 aromatic carbocycles. The van der Waals surface area contributed by atoms with Crippen LogP contribution in [0.1, 0.15) is 26.3 Å². The maximum Gasteiger partial charge on any atom is 0.315 e. The van der Waals surface area contributed by atoms with E-state index >= 15 is 0 Å². The number of aromatic nitrogens is 1. The molecule has 0 amide bonds. The molecule has 0 saturated carbocycles. The van der Waals surface area contributed by atoms with Gasteiger partial charge in [-0.25, -0.2) is 4.98 Å². The predicted molar refractivity (Wildman–Crippen MR) is 73.5 cm³/mol. The summed E-state index contributed by atoms with van der Waals surface area (Å²) in [6.07, 6.45) is 1.51. The second-order valence-corrected chi connectivity index (χ2v) is 3.97. The van der Waals surface area contributed by atoms with Gasteiger partial charge in [-0.05, 0) is 28.8 Å². The maximum absolute atomic E-state index is 10.8. The van der Waals surface area contributed by atoms with Crippen molar-refractivity contribution < 1.29 is 4.92 Å². The van der Waals surface area contributed by atoms with Gasteiger partial charge in [0.15, 0.2) is 0 Å². The highest BCUT2D eigenvalue weighted by Gasteiger charge is 2.21. The van der Waals surface area contributed by atoms with E-state index in [-0.39, 0.29) is 11.5 Å². The van der Waals surface area contributed by atoms with Gasteiger partial charge in [-0.15, -0.1) is 0 Å². The molecule has 0 bridgehead atoms. The molecule has 5 nitrogen and oxygen atoms in total. The van der Waals surface area contributed by atoms with Crippen LogP contribution in [0.5, 0.6) is 0 Å². The molecule has 0 fully saturated rings. The number of hydrogen-bond acceptors (Lipinski definition) is 4. The number of hydrogen-bond donors (Lipinski definition) is 1. The quantitative estimate of drug-likeness (QED) is 0.529. The number of anilines is 1. The summed E-state index contributed by atoms with van der Waals surface area (Å²) in [6.45, 7) is 7.33. The number of nitrogens with zero attached hydrogens (tertiary/aromatic N) is 2. The Morgan fingerprint density at radius 1 is 1.59 bits per heavy atom. The van der Waals surface area contributed by atoms with E-state index in [1.807, 2.05) is 13.8 Å². The molecule has 1 aromatic heterocycles. The first-order valence-corrected chi connectivity index (χ1v) is 6.04. The van der Waals surface area contributed by atoms with Gasteiger partial charge in [0.25, 0.3) is 0 Å². The van der Waals surface area contributed by atoms with Gasteiger partial charge in [-0.3, -0.25) is 10.1 Å². The minimum Gasteiger partial charge on any atom is -0.371 e. The summed E-state index contributed by atoms with van der Waals surface area (Å²) in [7, 11) is 5.50. The molecule has 1 heterocycles. The van der Waals surface area contributed by atoms with E-state index in [4.69, 9.17) is 7.85 Å². The Morgan fingerprint density at radius 2 is 2.12 bits per heavy atom. The van der Waals surface area contributed by atoms with Crippen LogP contribution in [-0.2, 0) is 0 Å². The third-order valence-electron chi connectivity index (χ3n) is 1.79. The maximum atomic E-state index is 10.8. The minimum absolute atomic E-state index is 0.0540. The molecule has 92 valence electrons. The van der Waals surface area contributed by atoms with Crippen LogP contribution in [0.15, 0.2) is 10.7 Å². The zero-order valence-corrected chi connectivity index (χ0v) is 11.9. The van der Waals surface area contributed by atoms with Gasteiger partial charge in [0.2, 0.25) is 5.82 Å². The van der Waals surface area contributed by atoms with Crippen LogP contribution >= 0.6 is 15.9 Å². The number of rotatable bonds is 3. The fraction of sp³-hybridized carbons (Fsp3) is 0.500. The summed E-state index contributed by atoms with van der Waals surface area (Å²) in [4.78, 5) is 14.3. The topological polar surface area (TPSA) is 68.1 Å². The second kappa shape index (κ2) is 7.27. The van der Waals surface area contributed by atoms with Crippen LogP contribution in [0.4, 0.5) is 11.5 Å². The molecule has 0 saturated heterocycles. The lowest BCUT2D eigenvalue weighted by Crippen LogP contribution is -2.17. The Kier molecular flexibility index (Phi) is 6.79. The summed E-state index contributed by atoms with van der Waals surface area (Å²) in [5.41, 5.74) is 0.472. The lowest BCUT2D eigenvalue weighted by molar-refractivity contribution is -0.384. The first-order valence-electron chi connectivity index (χ1n) is 5.25. The lowest BCUT2D eigenvalue weighted by atomic mass is 9.99. The standard InChI is InChI=1S/C8H9BBrN3O2.C2H6/c1-4-6(10)3-11-8(12-5(2)9)7(4)13(14)15;1-2/h3,5H,1-2H3,(H,11,12);1-2H3. The summed E-state index contributed by atoms with van der Waals surface area (Å²) < 4.78 is 0.601. The van der Waals surface area contributed by atoms with Crippen LogP contribution in [0, 0.1) is 17.0 Å². The van der Waals surface area contributed by atoms with E-state index in [1.54, 1.807) is 13.8 Å². The molecule has 0 aliphatic carbocycles. The SMILES string of the molecule is CC.[B]C(C)Nc1ncc(Br)c(C)c1[N+](=O)[O-]. The zero-order valence-electron chi connectivity index (χ0n) is 10.3. The molecule has 0 aliphatic heterocycles. The molecule has 0 spiro atoms. The van der Waals surface area contributed by atoms with Crippen molar-refractivity contribution in [2.45, 2.75) is 33.6 Å². The van der Waals surface area contributed by atoms with Crippen LogP contribution in [-0.4, -0.2) is 23.7 Å². The number of nitro groups is 1. The summed E-state index contributed by atoms with van der Waals surface area (Å²) in [5.74, 6) is -0.201. The number of nitrogens with one attached hydrogen (secondary N) is 1. The first-order chi connectivity index (χ1) is 7.93. The van der Waals surface area contributed by atoms with Crippen molar-refractivity contribution in [1.82, 2.24) is 4.98 Å². The van der Waals surface area contributed by atoms with E-state index in [1.165, 1.54) is 6.20 Å². The van der Waals surface area contributed by atoms with Crippen molar-refractivity contribution in [2.75, 3.05) is 5.32 Å². The third-order valence-corrected chi connectivity index (χ3v) is 2.59. The molecule has 0 aliphatic rings. The van der Waals surface area contributed by atoms with Gasteiger partial charge in [-0.2, -0.15) is 0 Å². The van der Waals surface area contributed by atoms with Crippen molar-refractivity contribution in [3.63, 3.8) is 0 Å². The molecule has 17 heavy (non-hydrogen) atoms. The van der Waals surface area contributed by atoms with Crippen LogP contribution < -0.4 is 5.32 Å². The molecule has 1 atom stereocenters. The minimum atomic E-state index is -0.474. The highest BCUT2D eigenvalue weighted by molar-refractivity contribution is 9.10. The predicted octanol–water partition coefficient (Wildman–Crippen LogP) is 3.01. The van der Waals surface area contributed by atoms with Crippen molar-refractivity contribution in [3.8, 4) is 0 Å². The largest absolute Gasteiger partial charge is 0.371 e. The Hall–Kier alpha value is -1.11. The van der Waals surface area contributed by atoms with Crippen molar-refractivity contribution in [1.29, 1.82) is 0 Å². The van der Waals surface area contributed by atoms with Crippen molar-refractivity contribution >= 4 is 35.3 Å². The van der Waals surface area contributed by atoms with Crippen LogP contribution in [0.2, 0.25) is 0 Å². The Bertz CT molecular complexity index is 399.